The van der Waals surface area contributed by atoms with Crippen molar-refractivity contribution < 1.29 is 28.1 Å². The third-order valence-electron chi connectivity index (χ3n) is 17.5. The van der Waals surface area contributed by atoms with Crippen LogP contribution in [0.2, 0.25) is 0 Å². The molecule has 0 unspecified atom stereocenters. The summed E-state index contributed by atoms with van der Waals surface area (Å²) in [5, 5.41) is 0. The van der Waals surface area contributed by atoms with Gasteiger partial charge in [0, 0.05) is 46.2 Å². The second-order valence-corrected chi connectivity index (χ2v) is 36.3. The molecule has 0 atom stereocenters. The summed E-state index contributed by atoms with van der Waals surface area (Å²) in [5.41, 5.74) is 5.34. The molecule has 8 nitrogen and oxygen atoms in total. The van der Waals surface area contributed by atoms with Crippen molar-refractivity contribution >= 4 is 28.8 Å². The lowest BCUT2D eigenvalue weighted by Gasteiger charge is -2.61. The van der Waals surface area contributed by atoms with E-state index in [1.807, 2.05) is 0 Å². The summed E-state index contributed by atoms with van der Waals surface area (Å²) in [4.78, 5) is 26.6. The number of rotatable bonds is 44. The maximum absolute atomic E-state index is 13.3. The quantitative estimate of drug-likeness (QED) is 0.0369. The number of nitrogens with zero attached hydrogens (tertiary/aromatic N) is 2. The van der Waals surface area contributed by atoms with E-state index in [1.165, 1.54) is 180 Å². The maximum Gasteiger partial charge on any atom is 0.306 e. The van der Waals surface area contributed by atoms with Gasteiger partial charge in [-0.3, -0.25) is 9.59 Å². The first kappa shape index (κ1) is 80.0. The maximum atomic E-state index is 13.3. The van der Waals surface area contributed by atoms with Crippen LogP contribution in [0, 0.1) is 0 Å². The summed E-state index contributed by atoms with van der Waals surface area (Å²) < 4.78 is 32.2. The van der Waals surface area contributed by atoms with Crippen molar-refractivity contribution in [1.82, 2.24) is 8.88 Å². The number of carbonyl (C=O) groups excluding carboxylic acids is 2. The largest absolute Gasteiger partial charge is 0.466 e. The van der Waals surface area contributed by atoms with E-state index in [0.717, 1.165) is 70.6 Å². The summed E-state index contributed by atoms with van der Waals surface area (Å²) in [5.74, 6) is 1.66. The highest BCUT2D eigenvalue weighted by molar-refractivity contribution is 7.78. The van der Waals surface area contributed by atoms with Gasteiger partial charge in [0.1, 0.15) is 11.5 Å². The lowest BCUT2D eigenvalue weighted by atomic mass is 9.78. The molecule has 1 fully saturated rings. The van der Waals surface area contributed by atoms with Gasteiger partial charge in [-0.15, -0.1) is 0 Å². The van der Waals surface area contributed by atoms with Crippen LogP contribution in [-0.4, -0.2) is 45.1 Å². The highest BCUT2D eigenvalue weighted by Crippen LogP contribution is 2.81. The van der Waals surface area contributed by atoms with Crippen LogP contribution in [0.15, 0.2) is 24.3 Å². The van der Waals surface area contributed by atoms with Gasteiger partial charge in [0.05, 0.1) is 13.2 Å². The molecule has 0 N–H and O–H groups in total. The Kier molecular flexibility index (Phi) is 36.5. The second kappa shape index (κ2) is 40.1. The van der Waals surface area contributed by atoms with E-state index in [2.05, 4.69) is 172 Å². The number of ether oxygens (including phenoxy) is 2. The first-order valence-corrected chi connectivity index (χ1v) is 38.9. The molecule has 2 aromatic rings. The molecular formula is C78H140N2O6P2. The molecule has 0 aromatic heterocycles. The third-order valence-corrected chi connectivity index (χ3v) is 23.7. The minimum Gasteiger partial charge on any atom is -0.466 e. The van der Waals surface area contributed by atoms with Gasteiger partial charge in [0.25, 0.3) is 16.9 Å². The fraction of sp³-hybridized carbons (Fsp3) is 0.821. The van der Waals surface area contributed by atoms with Crippen molar-refractivity contribution in [3.05, 3.63) is 57.6 Å². The van der Waals surface area contributed by atoms with Crippen LogP contribution in [0.1, 0.15) is 390 Å². The number of carbonyl (C=O) groups is 2. The van der Waals surface area contributed by atoms with Crippen LogP contribution in [0.3, 0.4) is 0 Å². The molecule has 1 saturated heterocycles. The third kappa shape index (κ3) is 30.2. The van der Waals surface area contributed by atoms with Gasteiger partial charge in [-0.25, -0.2) is 0 Å². The number of aryl methyl sites for hydroxylation is 2. The zero-order chi connectivity index (χ0) is 65.6. The van der Waals surface area contributed by atoms with Crippen LogP contribution in [0.4, 0.5) is 0 Å². The van der Waals surface area contributed by atoms with Crippen molar-refractivity contribution in [2.75, 3.05) is 13.2 Å². The van der Waals surface area contributed by atoms with Crippen molar-refractivity contribution in [2.24, 2.45) is 0 Å². The summed E-state index contributed by atoms with van der Waals surface area (Å²) >= 11 is 0. The molecule has 1 aliphatic heterocycles. The smallest absolute Gasteiger partial charge is 0.306 e. The Morgan fingerprint density at radius 3 is 0.727 bits per heavy atom. The van der Waals surface area contributed by atoms with Gasteiger partial charge in [-0.2, -0.15) is 8.88 Å². The minimum absolute atomic E-state index is 0.113. The molecule has 10 heteroatoms. The monoisotopic (exact) mass is 1260 g/mol. The molecule has 0 radical (unpaired) electrons. The van der Waals surface area contributed by atoms with E-state index < -0.39 is 16.9 Å². The number of benzene rings is 2. The molecule has 508 valence electrons. The molecular weight excluding hydrogens is 1120 g/mol. The van der Waals surface area contributed by atoms with Gasteiger partial charge in [0.15, 0.2) is 0 Å². The van der Waals surface area contributed by atoms with Crippen molar-refractivity contribution in [3.63, 3.8) is 0 Å². The van der Waals surface area contributed by atoms with E-state index in [0.29, 0.717) is 38.9 Å². The second-order valence-electron chi connectivity index (χ2n) is 32.7. The van der Waals surface area contributed by atoms with Crippen LogP contribution >= 0.6 is 16.9 Å². The topological polar surface area (TPSA) is 77.5 Å². The van der Waals surface area contributed by atoms with Crippen molar-refractivity contribution in [3.8, 4) is 11.5 Å². The number of esters is 2. The molecule has 3 rings (SSSR count). The Morgan fingerprint density at radius 2 is 0.534 bits per heavy atom. The Hall–Kier alpha value is -2.24. The zero-order valence-corrected chi connectivity index (χ0v) is 63.2. The van der Waals surface area contributed by atoms with Gasteiger partial charge in [0.2, 0.25) is 0 Å². The molecule has 0 bridgehead atoms. The van der Waals surface area contributed by atoms with Gasteiger partial charge in [-0.05, 0) is 100 Å². The predicted molar refractivity (Wildman–Crippen MR) is 384 cm³/mol. The normalized spacial score (nSPS) is 15.6. The summed E-state index contributed by atoms with van der Waals surface area (Å²) in [7, 11) is -2.71. The Bertz CT molecular complexity index is 2020. The summed E-state index contributed by atoms with van der Waals surface area (Å²) in [6.45, 7) is 46.7. The highest BCUT2D eigenvalue weighted by Gasteiger charge is 2.62. The van der Waals surface area contributed by atoms with E-state index in [9.17, 15) is 9.59 Å². The van der Waals surface area contributed by atoms with E-state index >= 15 is 0 Å². The highest BCUT2D eigenvalue weighted by atomic mass is 31.3. The number of hydrogen-bond donors (Lipinski definition) is 0. The lowest BCUT2D eigenvalue weighted by molar-refractivity contribution is -0.144. The van der Waals surface area contributed by atoms with Crippen LogP contribution < -0.4 is 9.05 Å². The average Bonchev–Trinajstić information content (AvgIpc) is 0.772. The van der Waals surface area contributed by atoms with Gasteiger partial charge >= 0.3 is 11.9 Å². The number of hydrogen-bond acceptors (Lipinski definition) is 8. The molecule has 0 aliphatic carbocycles. The Balaban J connectivity index is 1.69. The first-order valence-electron chi connectivity index (χ1n) is 36.6. The van der Waals surface area contributed by atoms with Gasteiger partial charge in [-0.1, -0.05) is 314 Å². The van der Waals surface area contributed by atoms with Crippen molar-refractivity contribution in [1.29, 1.82) is 0 Å². The molecule has 0 spiro atoms. The lowest BCUT2D eigenvalue weighted by Crippen LogP contribution is -2.55. The average molecular weight is 1260 g/mol. The summed E-state index contributed by atoms with van der Waals surface area (Å²) in [6, 6.07) is 9.22. The molecule has 1 aliphatic rings. The minimum atomic E-state index is -1.36. The fourth-order valence-corrected chi connectivity index (χ4v) is 17.3. The Labute approximate surface area is 547 Å². The van der Waals surface area contributed by atoms with Gasteiger partial charge < -0.3 is 18.5 Å². The molecule has 0 saturated carbocycles. The molecule has 88 heavy (non-hydrogen) atoms. The van der Waals surface area contributed by atoms with Crippen LogP contribution in [0.5, 0.6) is 11.5 Å². The van der Waals surface area contributed by atoms with Crippen molar-refractivity contribution in [2.45, 2.75) is 402 Å². The van der Waals surface area contributed by atoms with Crippen LogP contribution in [0.25, 0.3) is 0 Å². The van der Waals surface area contributed by atoms with E-state index in [1.54, 1.807) is 0 Å². The van der Waals surface area contributed by atoms with E-state index in [-0.39, 0.29) is 44.7 Å². The predicted octanol–water partition coefficient (Wildman–Crippen LogP) is 25.5. The molecule has 2 aromatic carbocycles. The number of unbranched alkanes of at least 4 members (excludes halogenated alkanes) is 30. The SMILES string of the molecule is CCCCCCCCCCCCCCCCCCOC(=O)CCc1cc(C(C)(C)C)c(OP2N(C(C)(C)C)P(Oc3c(C(C)(C)C)cc(CCC(=O)OCCCCCCCCCCCCCCCCCC)cc3C(C)(C)C)N2C(C)(C)C)c(C(C)(C)C)c1. The summed E-state index contributed by atoms with van der Waals surface area (Å²) in [6.07, 6.45) is 44.4. The first-order chi connectivity index (χ1) is 41.3. The van der Waals surface area contributed by atoms with E-state index in [4.69, 9.17) is 18.5 Å². The molecule has 1 heterocycles. The molecule has 0 amide bonds. The zero-order valence-electron chi connectivity index (χ0n) is 61.4. The standard InChI is InChI=1S/C78H140N2O6P2/c1-21-23-25-27-29-31-33-35-37-39-41-43-45-47-49-51-57-83-69(81)55-53-63-59-65(73(3,4)5)71(66(60-63)74(6,7)8)85-87-79(77(15,16)17)88(80(87)78(18,19)20)86-72-67(75(9,10)11)61-64(62-68(72)76(12,13)14)54-56-70(82)84-58-52-50-48-46-44-42-40-38-36-34-32-30-28-26-24-22-2/h59-62H,21-58H2,1-20H3. The fourth-order valence-electron chi connectivity index (χ4n) is 12.0. The van der Waals surface area contributed by atoms with Crippen LogP contribution in [-0.2, 0) is 53.6 Å². The Morgan fingerprint density at radius 1 is 0.330 bits per heavy atom.